The molecule has 2 amide bonds. The molecule has 2 fully saturated rings. The first kappa shape index (κ1) is 20.3. The number of nitrogens with zero attached hydrogens (tertiary/aromatic N) is 2. The Bertz CT molecular complexity index is 945. The quantitative estimate of drug-likeness (QED) is 0.745. The Morgan fingerprint density at radius 1 is 1.07 bits per heavy atom. The van der Waals surface area contributed by atoms with Gasteiger partial charge in [-0.1, -0.05) is 25.1 Å². The van der Waals surface area contributed by atoms with Crippen LogP contribution in [-0.2, 0) is 9.59 Å². The highest BCUT2D eigenvalue weighted by molar-refractivity contribution is 6.00. The Balaban J connectivity index is 1.54. The Morgan fingerprint density at radius 2 is 1.77 bits per heavy atom. The van der Waals surface area contributed by atoms with Gasteiger partial charge in [-0.25, -0.2) is 10.4 Å². The monoisotopic (exact) mass is 406 g/mol. The van der Waals surface area contributed by atoms with Crippen molar-refractivity contribution in [3.8, 4) is 0 Å². The SMILES string of the molecule is CCN1CC(C(=O)Nc2ccc(C(C)=O)cc2)C2NN(c3ccccc3)C(=O)C2C1. The third kappa shape index (κ3) is 3.86. The summed E-state index contributed by atoms with van der Waals surface area (Å²) in [7, 11) is 0. The predicted octanol–water partition coefficient (Wildman–Crippen LogP) is 2.32. The molecule has 0 aliphatic carbocycles. The summed E-state index contributed by atoms with van der Waals surface area (Å²) >= 11 is 0. The summed E-state index contributed by atoms with van der Waals surface area (Å²) in [5, 5.41) is 4.54. The van der Waals surface area contributed by atoms with E-state index in [9.17, 15) is 14.4 Å². The number of para-hydroxylation sites is 1. The van der Waals surface area contributed by atoms with E-state index in [2.05, 4.69) is 15.6 Å². The first-order valence-electron chi connectivity index (χ1n) is 10.3. The summed E-state index contributed by atoms with van der Waals surface area (Å²) in [5.74, 6) is -0.818. The topological polar surface area (TPSA) is 81.8 Å². The number of piperidine rings is 1. The van der Waals surface area contributed by atoms with Crippen LogP contribution in [0.15, 0.2) is 54.6 Å². The van der Waals surface area contributed by atoms with Gasteiger partial charge in [0, 0.05) is 24.3 Å². The molecule has 2 aromatic carbocycles. The minimum atomic E-state index is -0.381. The minimum Gasteiger partial charge on any atom is -0.326 e. The molecule has 3 atom stereocenters. The number of nitrogens with one attached hydrogen (secondary N) is 2. The van der Waals surface area contributed by atoms with Gasteiger partial charge in [-0.3, -0.25) is 14.4 Å². The zero-order valence-corrected chi connectivity index (χ0v) is 17.2. The summed E-state index contributed by atoms with van der Waals surface area (Å²) in [5.41, 5.74) is 5.31. The van der Waals surface area contributed by atoms with E-state index >= 15 is 0 Å². The maximum absolute atomic E-state index is 13.2. The van der Waals surface area contributed by atoms with Crippen LogP contribution in [0.2, 0.25) is 0 Å². The van der Waals surface area contributed by atoms with Crippen LogP contribution < -0.4 is 15.8 Å². The van der Waals surface area contributed by atoms with Crippen LogP contribution in [0.25, 0.3) is 0 Å². The number of fused-ring (bicyclic) bond motifs is 1. The van der Waals surface area contributed by atoms with Gasteiger partial charge >= 0.3 is 0 Å². The fraction of sp³-hybridized carbons (Fsp3) is 0.348. The Labute approximate surface area is 176 Å². The molecule has 30 heavy (non-hydrogen) atoms. The highest BCUT2D eigenvalue weighted by atomic mass is 16.2. The number of ketones is 1. The summed E-state index contributed by atoms with van der Waals surface area (Å²) in [6.07, 6.45) is 0. The van der Waals surface area contributed by atoms with Gasteiger partial charge in [0.05, 0.1) is 23.6 Å². The number of amides is 2. The maximum Gasteiger partial charge on any atom is 0.247 e. The van der Waals surface area contributed by atoms with E-state index in [1.807, 2.05) is 37.3 Å². The van der Waals surface area contributed by atoms with Gasteiger partial charge in [0.1, 0.15) is 0 Å². The van der Waals surface area contributed by atoms with Crippen LogP contribution in [0.5, 0.6) is 0 Å². The number of anilines is 2. The van der Waals surface area contributed by atoms with Crippen molar-refractivity contribution >= 4 is 29.0 Å². The van der Waals surface area contributed by atoms with E-state index in [0.717, 1.165) is 12.2 Å². The smallest absolute Gasteiger partial charge is 0.247 e. The first-order chi connectivity index (χ1) is 14.5. The molecule has 2 aliphatic heterocycles. The largest absolute Gasteiger partial charge is 0.326 e. The van der Waals surface area contributed by atoms with Gasteiger partial charge in [0.2, 0.25) is 11.8 Å². The van der Waals surface area contributed by atoms with Gasteiger partial charge in [-0.05, 0) is 49.9 Å². The number of hydrogen-bond donors (Lipinski definition) is 2. The van der Waals surface area contributed by atoms with Crippen molar-refractivity contribution in [3.05, 3.63) is 60.2 Å². The standard InChI is InChI=1S/C23H26N4O3/c1-3-26-13-19(22(29)24-17-11-9-16(10-12-17)15(2)28)21-20(14-26)23(30)27(25-21)18-7-5-4-6-8-18/h4-12,19-21,25H,3,13-14H2,1-2H3,(H,24,29). The third-order valence-corrected chi connectivity index (χ3v) is 5.95. The van der Waals surface area contributed by atoms with E-state index < -0.39 is 0 Å². The molecule has 2 aromatic rings. The van der Waals surface area contributed by atoms with Crippen LogP contribution >= 0.6 is 0 Å². The van der Waals surface area contributed by atoms with Crippen LogP contribution in [-0.4, -0.2) is 48.2 Å². The van der Waals surface area contributed by atoms with E-state index in [1.54, 1.807) is 29.3 Å². The molecule has 2 aliphatic rings. The van der Waals surface area contributed by atoms with Crippen molar-refractivity contribution in [2.24, 2.45) is 11.8 Å². The second-order valence-corrected chi connectivity index (χ2v) is 7.85. The molecule has 156 valence electrons. The second-order valence-electron chi connectivity index (χ2n) is 7.85. The first-order valence-corrected chi connectivity index (χ1v) is 10.3. The highest BCUT2D eigenvalue weighted by Gasteiger charge is 2.50. The Morgan fingerprint density at radius 3 is 2.40 bits per heavy atom. The molecule has 0 spiro atoms. The molecular formula is C23H26N4O3. The van der Waals surface area contributed by atoms with Crippen molar-refractivity contribution in [1.29, 1.82) is 0 Å². The van der Waals surface area contributed by atoms with Gasteiger partial charge in [-0.15, -0.1) is 0 Å². The van der Waals surface area contributed by atoms with Gasteiger partial charge < -0.3 is 10.2 Å². The summed E-state index contributed by atoms with van der Waals surface area (Å²) < 4.78 is 0. The molecule has 2 saturated heterocycles. The number of carbonyl (C=O) groups excluding carboxylic acids is 3. The van der Waals surface area contributed by atoms with Crippen LogP contribution in [0.1, 0.15) is 24.2 Å². The molecule has 0 aromatic heterocycles. The van der Waals surface area contributed by atoms with Crippen molar-refractivity contribution in [3.63, 3.8) is 0 Å². The number of benzene rings is 2. The number of rotatable bonds is 5. The maximum atomic E-state index is 13.2. The van der Waals surface area contributed by atoms with Crippen LogP contribution in [0.4, 0.5) is 11.4 Å². The lowest BCUT2D eigenvalue weighted by atomic mass is 9.84. The number of carbonyl (C=O) groups is 3. The van der Waals surface area contributed by atoms with Crippen molar-refractivity contribution in [2.45, 2.75) is 19.9 Å². The molecule has 4 rings (SSSR count). The van der Waals surface area contributed by atoms with E-state index in [0.29, 0.717) is 24.3 Å². The molecule has 0 radical (unpaired) electrons. The fourth-order valence-electron chi connectivity index (χ4n) is 4.23. The predicted molar refractivity (Wildman–Crippen MR) is 115 cm³/mol. The normalized spacial score (nSPS) is 23.9. The summed E-state index contributed by atoms with van der Waals surface area (Å²) in [6.45, 7) is 5.54. The number of Topliss-reactive ketones (excluding diaryl/α,β-unsaturated/α-hetero) is 1. The lowest BCUT2D eigenvalue weighted by Crippen LogP contribution is -2.55. The Kier molecular flexibility index (Phi) is 5.65. The van der Waals surface area contributed by atoms with Gasteiger partial charge in [-0.2, -0.15) is 0 Å². The van der Waals surface area contributed by atoms with E-state index in [4.69, 9.17) is 0 Å². The highest BCUT2D eigenvalue weighted by Crippen LogP contribution is 2.32. The fourth-order valence-corrected chi connectivity index (χ4v) is 4.23. The lowest BCUT2D eigenvalue weighted by Gasteiger charge is -2.37. The average molecular weight is 406 g/mol. The Hall–Kier alpha value is -3.03. The molecule has 2 heterocycles. The number of hydrazine groups is 1. The molecule has 7 heteroatoms. The zero-order valence-electron chi connectivity index (χ0n) is 17.2. The molecule has 0 bridgehead atoms. The molecule has 7 nitrogen and oxygen atoms in total. The average Bonchev–Trinajstić information content (AvgIpc) is 3.10. The van der Waals surface area contributed by atoms with E-state index in [-0.39, 0.29) is 35.5 Å². The molecule has 2 N–H and O–H groups in total. The molecule has 3 unspecified atom stereocenters. The van der Waals surface area contributed by atoms with Crippen molar-refractivity contribution in [1.82, 2.24) is 10.3 Å². The van der Waals surface area contributed by atoms with Gasteiger partial charge in [0.15, 0.2) is 5.78 Å². The van der Waals surface area contributed by atoms with Gasteiger partial charge in [0.25, 0.3) is 0 Å². The van der Waals surface area contributed by atoms with Crippen molar-refractivity contribution in [2.75, 3.05) is 30.0 Å². The minimum absolute atomic E-state index is 0.00652. The second kappa shape index (κ2) is 8.38. The van der Waals surface area contributed by atoms with Crippen LogP contribution in [0.3, 0.4) is 0 Å². The zero-order chi connectivity index (χ0) is 21.3. The van der Waals surface area contributed by atoms with E-state index in [1.165, 1.54) is 6.92 Å². The molecule has 0 saturated carbocycles. The van der Waals surface area contributed by atoms with Crippen LogP contribution in [0, 0.1) is 11.8 Å². The summed E-state index contributed by atoms with van der Waals surface area (Å²) in [6, 6.07) is 16.0. The van der Waals surface area contributed by atoms with Crippen molar-refractivity contribution < 1.29 is 14.4 Å². The molecular weight excluding hydrogens is 380 g/mol. The third-order valence-electron chi connectivity index (χ3n) is 5.95. The number of hydrogen-bond acceptors (Lipinski definition) is 5. The number of likely N-dealkylation sites (tertiary alicyclic amines) is 1. The summed E-state index contributed by atoms with van der Waals surface area (Å²) in [4.78, 5) is 39.9. The lowest BCUT2D eigenvalue weighted by molar-refractivity contribution is -0.126.